The Balaban J connectivity index is 1.97. The van der Waals surface area contributed by atoms with Crippen molar-refractivity contribution in [1.29, 1.82) is 0 Å². The number of nitrogens with one attached hydrogen (secondary N) is 1. The average molecular weight is 259 g/mol. The molecule has 0 aliphatic heterocycles. The van der Waals surface area contributed by atoms with Gasteiger partial charge in [0.05, 0.1) is 6.42 Å². The van der Waals surface area contributed by atoms with Crippen LogP contribution in [0.5, 0.6) is 0 Å². The lowest BCUT2D eigenvalue weighted by Gasteiger charge is -2.08. The Bertz CT molecular complexity index is 567. The fourth-order valence-corrected chi connectivity index (χ4v) is 1.75. The first-order valence-corrected chi connectivity index (χ1v) is 5.93. The molecule has 3 nitrogen and oxygen atoms in total. The molecule has 0 spiro atoms. The lowest BCUT2D eigenvalue weighted by Crippen LogP contribution is -2.03. The molecule has 0 aliphatic carbocycles. The smallest absolute Gasteiger partial charge is 0.307 e. The zero-order chi connectivity index (χ0) is 13.7. The van der Waals surface area contributed by atoms with Crippen molar-refractivity contribution in [3.63, 3.8) is 0 Å². The van der Waals surface area contributed by atoms with Gasteiger partial charge in [-0.05, 0) is 23.8 Å². The minimum Gasteiger partial charge on any atom is -0.481 e. The van der Waals surface area contributed by atoms with Crippen molar-refractivity contribution in [3.8, 4) is 0 Å². The highest BCUT2D eigenvalue weighted by molar-refractivity contribution is 5.70. The number of anilines is 1. The van der Waals surface area contributed by atoms with E-state index in [0.717, 1.165) is 11.3 Å². The summed E-state index contributed by atoms with van der Waals surface area (Å²) in [6, 6.07) is 13.7. The van der Waals surface area contributed by atoms with E-state index in [2.05, 4.69) is 5.32 Å². The lowest BCUT2D eigenvalue weighted by molar-refractivity contribution is -0.136. The van der Waals surface area contributed by atoms with Crippen LogP contribution >= 0.6 is 0 Å². The minimum absolute atomic E-state index is 0.00753. The monoisotopic (exact) mass is 259 g/mol. The van der Waals surface area contributed by atoms with Gasteiger partial charge in [-0.25, -0.2) is 4.39 Å². The third-order valence-electron chi connectivity index (χ3n) is 2.75. The number of carboxylic acids is 1. The van der Waals surface area contributed by atoms with Crippen LogP contribution in [0.2, 0.25) is 0 Å². The first-order chi connectivity index (χ1) is 9.15. The quantitative estimate of drug-likeness (QED) is 0.867. The number of aliphatic carboxylic acids is 1. The van der Waals surface area contributed by atoms with Crippen LogP contribution in [0.15, 0.2) is 48.5 Å². The highest BCUT2D eigenvalue weighted by Crippen LogP contribution is 2.13. The van der Waals surface area contributed by atoms with Gasteiger partial charge in [0.25, 0.3) is 0 Å². The maximum absolute atomic E-state index is 13.4. The van der Waals surface area contributed by atoms with Crippen molar-refractivity contribution in [1.82, 2.24) is 0 Å². The molecule has 0 bridgehead atoms. The van der Waals surface area contributed by atoms with Crippen LogP contribution in [0.25, 0.3) is 0 Å². The molecule has 0 aliphatic rings. The van der Waals surface area contributed by atoms with Gasteiger partial charge in [-0.1, -0.05) is 30.3 Å². The molecule has 0 aromatic heterocycles. The van der Waals surface area contributed by atoms with Crippen molar-refractivity contribution in [3.05, 3.63) is 65.5 Å². The van der Waals surface area contributed by atoms with E-state index in [1.165, 1.54) is 6.07 Å². The summed E-state index contributed by atoms with van der Waals surface area (Å²) in [5, 5.41) is 11.8. The summed E-state index contributed by atoms with van der Waals surface area (Å²) in [6.07, 6.45) is 0.00753. The maximum Gasteiger partial charge on any atom is 0.307 e. The Morgan fingerprint density at radius 1 is 1.11 bits per heavy atom. The van der Waals surface area contributed by atoms with Gasteiger partial charge < -0.3 is 10.4 Å². The molecule has 0 amide bonds. The first-order valence-electron chi connectivity index (χ1n) is 5.93. The van der Waals surface area contributed by atoms with Crippen LogP contribution in [0, 0.1) is 5.82 Å². The van der Waals surface area contributed by atoms with E-state index in [-0.39, 0.29) is 12.2 Å². The number of rotatable bonds is 5. The number of halogens is 1. The molecule has 2 aromatic carbocycles. The van der Waals surface area contributed by atoms with Gasteiger partial charge in [0.1, 0.15) is 5.82 Å². The van der Waals surface area contributed by atoms with Crippen molar-refractivity contribution >= 4 is 11.7 Å². The number of hydrogen-bond donors (Lipinski definition) is 2. The van der Waals surface area contributed by atoms with Crippen LogP contribution in [0.3, 0.4) is 0 Å². The Hall–Kier alpha value is -2.36. The fourth-order valence-electron chi connectivity index (χ4n) is 1.75. The number of hydrogen-bond acceptors (Lipinski definition) is 2. The van der Waals surface area contributed by atoms with Crippen molar-refractivity contribution in [2.45, 2.75) is 13.0 Å². The molecule has 0 atom stereocenters. The number of carboxylic acid groups (broad SMARTS) is 1. The summed E-state index contributed by atoms with van der Waals surface area (Å²) < 4.78 is 13.4. The lowest BCUT2D eigenvalue weighted by atomic mass is 10.1. The molecule has 0 radical (unpaired) electrons. The summed E-state index contributed by atoms with van der Waals surface area (Å²) in [6.45, 7) is 0.394. The van der Waals surface area contributed by atoms with Gasteiger partial charge in [-0.15, -0.1) is 0 Å². The molecule has 98 valence electrons. The predicted molar refractivity (Wildman–Crippen MR) is 71.5 cm³/mol. The second-order valence-corrected chi connectivity index (χ2v) is 4.21. The Morgan fingerprint density at radius 2 is 1.79 bits per heavy atom. The SMILES string of the molecule is O=C(O)Cc1ccc(NCc2ccccc2F)cc1. The largest absolute Gasteiger partial charge is 0.481 e. The first kappa shape index (κ1) is 13.1. The normalized spacial score (nSPS) is 10.2. The average Bonchev–Trinajstić information content (AvgIpc) is 2.39. The van der Waals surface area contributed by atoms with Gasteiger partial charge in [-0.2, -0.15) is 0 Å². The topological polar surface area (TPSA) is 49.3 Å². The van der Waals surface area contributed by atoms with Gasteiger partial charge in [0, 0.05) is 17.8 Å². The van der Waals surface area contributed by atoms with Crippen LogP contribution in [-0.2, 0) is 17.8 Å². The van der Waals surface area contributed by atoms with Gasteiger partial charge in [0.2, 0.25) is 0 Å². The van der Waals surface area contributed by atoms with E-state index in [9.17, 15) is 9.18 Å². The Morgan fingerprint density at radius 3 is 2.42 bits per heavy atom. The molecule has 0 saturated heterocycles. The van der Waals surface area contributed by atoms with Crippen molar-refractivity contribution in [2.75, 3.05) is 5.32 Å². The Labute approximate surface area is 110 Å². The van der Waals surface area contributed by atoms with E-state index in [4.69, 9.17) is 5.11 Å². The molecule has 19 heavy (non-hydrogen) atoms. The second kappa shape index (κ2) is 6.00. The molecular weight excluding hydrogens is 245 g/mol. The van der Waals surface area contributed by atoms with Gasteiger partial charge in [-0.3, -0.25) is 4.79 Å². The Kier molecular flexibility index (Phi) is 4.13. The standard InChI is InChI=1S/C15H14FNO2/c16-14-4-2-1-3-12(14)10-17-13-7-5-11(6-8-13)9-15(18)19/h1-8,17H,9-10H2,(H,18,19). The fraction of sp³-hybridized carbons (Fsp3) is 0.133. The molecule has 2 rings (SSSR count). The molecule has 2 aromatic rings. The molecule has 0 heterocycles. The zero-order valence-corrected chi connectivity index (χ0v) is 10.3. The minimum atomic E-state index is -0.855. The molecule has 2 N–H and O–H groups in total. The van der Waals surface area contributed by atoms with Gasteiger partial charge in [0.15, 0.2) is 0 Å². The van der Waals surface area contributed by atoms with Crippen molar-refractivity contribution < 1.29 is 14.3 Å². The third kappa shape index (κ3) is 3.81. The van der Waals surface area contributed by atoms with Crippen LogP contribution in [-0.4, -0.2) is 11.1 Å². The maximum atomic E-state index is 13.4. The van der Waals surface area contributed by atoms with E-state index in [1.807, 2.05) is 0 Å². The molecule has 4 heteroatoms. The van der Waals surface area contributed by atoms with Gasteiger partial charge >= 0.3 is 5.97 Å². The van der Waals surface area contributed by atoms with Crippen LogP contribution < -0.4 is 5.32 Å². The highest BCUT2D eigenvalue weighted by atomic mass is 19.1. The summed E-state index contributed by atoms with van der Waals surface area (Å²) in [4.78, 5) is 10.5. The summed E-state index contributed by atoms with van der Waals surface area (Å²) in [5.41, 5.74) is 2.17. The van der Waals surface area contributed by atoms with E-state index < -0.39 is 5.97 Å². The number of benzene rings is 2. The van der Waals surface area contributed by atoms with E-state index >= 15 is 0 Å². The zero-order valence-electron chi connectivity index (χ0n) is 10.3. The number of carbonyl (C=O) groups is 1. The molecule has 0 unspecified atom stereocenters. The highest BCUT2D eigenvalue weighted by Gasteiger charge is 2.02. The summed E-state index contributed by atoms with van der Waals surface area (Å²) in [5.74, 6) is -1.09. The second-order valence-electron chi connectivity index (χ2n) is 4.21. The van der Waals surface area contributed by atoms with E-state index in [1.54, 1.807) is 42.5 Å². The molecule has 0 fully saturated rings. The predicted octanol–water partition coefficient (Wildman–Crippen LogP) is 3.06. The van der Waals surface area contributed by atoms with Crippen LogP contribution in [0.1, 0.15) is 11.1 Å². The third-order valence-corrected chi connectivity index (χ3v) is 2.75. The molecule has 0 saturated carbocycles. The van der Waals surface area contributed by atoms with Crippen molar-refractivity contribution in [2.24, 2.45) is 0 Å². The summed E-state index contributed by atoms with van der Waals surface area (Å²) in [7, 11) is 0. The van der Waals surface area contributed by atoms with E-state index in [0.29, 0.717) is 12.1 Å². The summed E-state index contributed by atoms with van der Waals surface area (Å²) >= 11 is 0. The van der Waals surface area contributed by atoms with Crippen LogP contribution in [0.4, 0.5) is 10.1 Å². The molecular formula is C15H14FNO2.